The molecule has 0 bridgehead atoms. The van der Waals surface area contributed by atoms with Crippen LogP contribution in [0.4, 0.5) is 0 Å². The topological polar surface area (TPSA) is 35.9 Å². The molecule has 0 spiro atoms. The minimum Gasteiger partial charge on any atom is -0.458 e. The molecular formula is C42H42N4O. The van der Waals surface area contributed by atoms with E-state index in [1.54, 1.807) is 18.3 Å². The van der Waals surface area contributed by atoms with Crippen LogP contribution in [0, 0.1) is 47.8 Å². The summed E-state index contributed by atoms with van der Waals surface area (Å²) in [6.45, 7) is 15.3. The van der Waals surface area contributed by atoms with Gasteiger partial charge in [-0.3, -0.25) is 13.7 Å². The van der Waals surface area contributed by atoms with Crippen LogP contribution in [0.2, 0.25) is 0 Å². The molecule has 5 nitrogen and oxygen atoms in total. The summed E-state index contributed by atoms with van der Waals surface area (Å²) in [5.41, 5.74) is 11.6. The molecule has 0 atom stereocenters. The van der Waals surface area contributed by atoms with Crippen LogP contribution in [0.15, 0.2) is 91.4 Å². The van der Waals surface area contributed by atoms with Crippen molar-refractivity contribution in [2.24, 2.45) is 0 Å². The monoisotopic (exact) mass is 621 g/mol. The van der Waals surface area contributed by atoms with Crippen molar-refractivity contribution >= 4 is 21.8 Å². The zero-order valence-electron chi connectivity index (χ0n) is 31.4. The largest absolute Gasteiger partial charge is 0.458 e. The van der Waals surface area contributed by atoms with Crippen LogP contribution in [0.1, 0.15) is 63.8 Å². The highest BCUT2D eigenvalue weighted by Crippen LogP contribution is 2.37. The minimum atomic E-state index is -2.24. The van der Waals surface area contributed by atoms with Gasteiger partial charge >= 0.3 is 0 Å². The third kappa shape index (κ3) is 5.30. The standard InChI is InChI=1S/C42H42N4O/c1-26-16-17-43-40(20-26)46-38-13-11-10-12-36(38)37-15-14-34(24-39(37)46)47-35-22-32(42(7,8)9)21-33(23-35)44-18-19-45(25-44)41-30(5)28(3)27(2)29(4)31(41)6/h10-24H,1-9H3/i1D3. The first-order valence-electron chi connectivity index (χ1n) is 17.6. The SMILES string of the molecule is [2H]C([2H])([2H])c1ccnc(-n2c3ccccc3c3ccc(Oc4cc(-n5[c-][n+](-c6c(C)c(C)c(C)c(C)c6C)cc5)cc(C(C)(C)C)c4)cc32)c1. The lowest BCUT2D eigenvalue weighted by Gasteiger charge is -2.22. The first kappa shape index (κ1) is 27.0. The molecular weight excluding hydrogens is 576 g/mol. The third-order valence-corrected chi connectivity index (χ3v) is 9.67. The Morgan fingerprint density at radius 2 is 1.49 bits per heavy atom. The van der Waals surface area contributed by atoms with Crippen molar-refractivity contribution in [1.82, 2.24) is 14.1 Å². The fourth-order valence-electron chi connectivity index (χ4n) is 6.58. The molecule has 236 valence electrons. The molecule has 7 rings (SSSR count). The Bertz CT molecular complexity index is 2410. The predicted molar refractivity (Wildman–Crippen MR) is 192 cm³/mol. The van der Waals surface area contributed by atoms with Crippen LogP contribution in [0.25, 0.3) is 39.0 Å². The number of aryl methyl sites for hydroxylation is 1. The highest BCUT2D eigenvalue weighted by molar-refractivity contribution is 6.09. The number of imidazole rings is 1. The van der Waals surface area contributed by atoms with E-state index in [2.05, 4.69) is 102 Å². The molecule has 0 aliphatic rings. The van der Waals surface area contributed by atoms with Crippen LogP contribution in [0.5, 0.6) is 11.5 Å². The lowest BCUT2D eigenvalue weighted by molar-refractivity contribution is -0.600. The molecule has 0 amide bonds. The summed E-state index contributed by atoms with van der Waals surface area (Å²) in [5.74, 6) is 1.91. The quantitative estimate of drug-likeness (QED) is 0.142. The van der Waals surface area contributed by atoms with Gasteiger partial charge in [0.15, 0.2) is 0 Å². The molecule has 5 heteroatoms. The van der Waals surface area contributed by atoms with Crippen molar-refractivity contribution in [3.8, 4) is 28.7 Å². The normalized spacial score (nSPS) is 13.1. The van der Waals surface area contributed by atoms with Gasteiger partial charge in [0.1, 0.15) is 17.3 Å². The van der Waals surface area contributed by atoms with Gasteiger partial charge in [0.05, 0.1) is 22.4 Å². The average molecular weight is 622 g/mol. The predicted octanol–water partition coefficient (Wildman–Crippen LogP) is 9.99. The van der Waals surface area contributed by atoms with E-state index in [0.717, 1.165) is 38.7 Å². The number of fused-ring (bicyclic) bond motifs is 3. The summed E-state index contributed by atoms with van der Waals surface area (Å²) >= 11 is 0. The van der Waals surface area contributed by atoms with Gasteiger partial charge < -0.3 is 4.74 Å². The number of aromatic nitrogens is 4. The fourth-order valence-corrected chi connectivity index (χ4v) is 6.58. The molecule has 7 aromatic rings. The van der Waals surface area contributed by atoms with E-state index < -0.39 is 6.85 Å². The summed E-state index contributed by atoms with van der Waals surface area (Å²) in [7, 11) is 0. The van der Waals surface area contributed by atoms with Gasteiger partial charge in [-0.2, -0.15) is 0 Å². The number of benzene rings is 4. The maximum Gasteiger partial charge on any atom is 0.268 e. The molecule has 4 aromatic carbocycles. The van der Waals surface area contributed by atoms with Gasteiger partial charge in [-0.15, -0.1) is 0 Å². The number of pyridine rings is 1. The van der Waals surface area contributed by atoms with Crippen molar-refractivity contribution < 1.29 is 13.4 Å². The Morgan fingerprint density at radius 3 is 2.23 bits per heavy atom. The Labute approximate surface area is 281 Å². The zero-order chi connectivity index (χ0) is 35.7. The number of rotatable bonds is 5. The molecule has 0 aliphatic carbocycles. The summed E-state index contributed by atoms with van der Waals surface area (Å²) in [6.07, 6.45) is 9.24. The molecule has 0 fully saturated rings. The lowest BCUT2D eigenvalue weighted by Crippen LogP contribution is -2.31. The zero-order valence-corrected chi connectivity index (χ0v) is 28.4. The summed E-state index contributed by atoms with van der Waals surface area (Å²) in [4.78, 5) is 4.61. The van der Waals surface area contributed by atoms with E-state index in [1.807, 2.05) is 51.7 Å². The third-order valence-electron chi connectivity index (χ3n) is 9.67. The molecule has 0 N–H and O–H groups in total. The van der Waals surface area contributed by atoms with E-state index in [4.69, 9.17) is 8.85 Å². The number of para-hydroxylation sites is 1. The number of ether oxygens (including phenoxy) is 1. The van der Waals surface area contributed by atoms with E-state index >= 15 is 0 Å². The Kier molecular flexibility index (Phi) is 6.47. The fraction of sp³-hybridized carbons (Fsp3) is 0.238. The molecule has 0 saturated carbocycles. The summed E-state index contributed by atoms with van der Waals surface area (Å²) in [5, 5.41) is 2.07. The highest BCUT2D eigenvalue weighted by atomic mass is 16.5. The van der Waals surface area contributed by atoms with Crippen LogP contribution >= 0.6 is 0 Å². The van der Waals surface area contributed by atoms with Gasteiger partial charge in [0, 0.05) is 39.5 Å². The molecule has 0 radical (unpaired) electrons. The van der Waals surface area contributed by atoms with Crippen molar-refractivity contribution in [2.45, 2.75) is 67.7 Å². The van der Waals surface area contributed by atoms with E-state index in [1.165, 1.54) is 27.8 Å². The second-order valence-electron chi connectivity index (χ2n) is 13.6. The lowest BCUT2D eigenvalue weighted by atomic mass is 9.86. The highest BCUT2D eigenvalue weighted by Gasteiger charge is 2.20. The van der Waals surface area contributed by atoms with Gasteiger partial charge in [0.2, 0.25) is 0 Å². The van der Waals surface area contributed by atoms with Crippen molar-refractivity contribution in [1.29, 1.82) is 0 Å². The maximum atomic E-state index is 7.98. The Morgan fingerprint density at radius 1 is 0.766 bits per heavy atom. The number of nitrogens with zero attached hydrogens (tertiary/aromatic N) is 4. The number of hydrogen-bond donors (Lipinski definition) is 0. The van der Waals surface area contributed by atoms with Crippen LogP contribution in [-0.2, 0) is 5.41 Å². The van der Waals surface area contributed by atoms with Crippen LogP contribution < -0.4 is 9.30 Å². The summed E-state index contributed by atoms with van der Waals surface area (Å²) in [6, 6.07) is 23.7. The Balaban J connectivity index is 1.33. The molecule has 47 heavy (non-hydrogen) atoms. The van der Waals surface area contributed by atoms with Crippen LogP contribution in [-0.4, -0.2) is 14.1 Å². The second-order valence-corrected chi connectivity index (χ2v) is 13.6. The number of hydrogen-bond acceptors (Lipinski definition) is 2. The molecule has 0 aliphatic heterocycles. The van der Waals surface area contributed by atoms with Crippen molar-refractivity contribution in [2.75, 3.05) is 0 Å². The molecule has 3 aromatic heterocycles. The van der Waals surface area contributed by atoms with Gasteiger partial charge in [-0.05, 0) is 134 Å². The molecule has 0 saturated heterocycles. The molecule has 3 heterocycles. The van der Waals surface area contributed by atoms with Crippen molar-refractivity contribution in [3.63, 3.8) is 0 Å². The van der Waals surface area contributed by atoms with Gasteiger partial charge in [-0.25, -0.2) is 4.98 Å². The first-order valence-corrected chi connectivity index (χ1v) is 16.1. The summed E-state index contributed by atoms with van der Waals surface area (Å²) < 4.78 is 36.7. The smallest absolute Gasteiger partial charge is 0.268 e. The molecule has 0 unspecified atom stereocenters. The van der Waals surface area contributed by atoms with Gasteiger partial charge in [0.25, 0.3) is 6.33 Å². The van der Waals surface area contributed by atoms with Crippen LogP contribution in [0.3, 0.4) is 0 Å². The van der Waals surface area contributed by atoms with E-state index in [9.17, 15) is 0 Å². The first-order chi connectivity index (χ1) is 23.6. The average Bonchev–Trinajstić information content (AvgIpc) is 3.69. The second kappa shape index (κ2) is 11.3. The van der Waals surface area contributed by atoms with Crippen molar-refractivity contribution in [3.05, 3.63) is 137 Å². The Hall–Kier alpha value is -5.16. The maximum absolute atomic E-state index is 7.98. The van der Waals surface area contributed by atoms with Gasteiger partial charge in [-0.1, -0.05) is 39.0 Å². The minimum absolute atomic E-state index is 0.133. The van der Waals surface area contributed by atoms with E-state index in [0.29, 0.717) is 17.3 Å². The van der Waals surface area contributed by atoms with E-state index in [-0.39, 0.29) is 11.0 Å².